The first-order valence-corrected chi connectivity index (χ1v) is 7.41. The van der Waals surface area contributed by atoms with Crippen LogP contribution >= 0.6 is 0 Å². The van der Waals surface area contributed by atoms with Gasteiger partial charge >= 0.3 is 0 Å². The second-order valence-corrected chi connectivity index (χ2v) is 5.26. The van der Waals surface area contributed by atoms with Gasteiger partial charge < -0.3 is 10.4 Å². The Morgan fingerprint density at radius 2 is 1.71 bits per heavy atom. The first-order valence-electron chi connectivity index (χ1n) is 7.41. The van der Waals surface area contributed by atoms with E-state index in [2.05, 4.69) is 17.4 Å². The van der Waals surface area contributed by atoms with E-state index in [0.717, 1.165) is 31.4 Å². The average molecular weight is 287 g/mol. The largest absolute Gasteiger partial charge is 0.392 e. The molecule has 2 nitrogen and oxygen atoms in total. The summed E-state index contributed by atoms with van der Waals surface area (Å²) in [6.45, 7) is 1.31. The zero-order chi connectivity index (χ0) is 14.9. The maximum Gasteiger partial charge on any atom is 0.123 e. The van der Waals surface area contributed by atoms with Crippen molar-refractivity contribution in [3.63, 3.8) is 0 Å². The zero-order valence-corrected chi connectivity index (χ0v) is 12.1. The predicted molar refractivity (Wildman–Crippen MR) is 83.7 cm³/mol. The van der Waals surface area contributed by atoms with Gasteiger partial charge in [-0.3, -0.25) is 0 Å². The summed E-state index contributed by atoms with van der Waals surface area (Å²) in [4.78, 5) is 0. The zero-order valence-electron chi connectivity index (χ0n) is 12.1. The van der Waals surface area contributed by atoms with Crippen LogP contribution in [-0.4, -0.2) is 24.3 Å². The quantitative estimate of drug-likeness (QED) is 0.732. The van der Waals surface area contributed by atoms with Crippen molar-refractivity contribution < 1.29 is 9.50 Å². The number of aliphatic hydroxyl groups is 1. The van der Waals surface area contributed by atoms with Gasteiger partial charge in [0.1, 0.15) is 5.82 Å². The molecule has 0 aliphatic carbocycles. The molecule has 112 valence electrons. The fraction of sp³-hybridized carbons (Fsp3) is 0.333. The summed E-state index contributed by atoms with van der Waals surface area (Å²) < 4.78 is 13.0. The highest BCUT2D eigenvalue weighted by molar-refractivity contribution is 5.16. The van der Waals surface area contributed by atoms with Crippen LogP contribution in [0.15, 0.2) is 54.6 Å². The average Bonchev–Trinajstić information content (AvgIpc) is 2.51. The van der Waals surface area contributed by atoms with Crippen LogP contribution in [-0.2, 0) is 12.8 Å². The highest BCUT2D eigenvalue weighted by Gasteiger charge is 2.04. The molecule has 2 rings (SSSR count). The number of aliphatic hydroxyl groups excluding tert-OH is 1. The monoisotopic (exact) mass is 287 g/mol. The van der Waals surface area contributed by atoms with Crippen molar-refractivity contribution in [2.24, 2.45) is 0 Å². The van der Waals surface area contributed by atoms with Gasteiger partial charge in [0.05, 0.1) is 6.10 Å². The molecule has 0 heterocycles. The molecule has 0 radical (unpaired) electrons. The van der Waals surface area contributed by atoms with Crippen LogP contribution in [0.1, 0.15) is 17.5 Å². The van der Waals surface area contributed by atoms with Crippen molar-refractivity contribution in [1.29, 1.82) is 0 Å². The lowest BCUT2D eigenvalue weighted by Crippen LogP contribution is -2.28. The van der Waals surface area contributed by atoms with Gasteiger partial charge in [0, 0.05) is 6.54 Å². The third-order valence-corrected chi connectivity index (χ3v) is 3.47. The Morgan fingerprint density at radius 1 is 0.952 bits per heavy atom. The van der Waals surface area contributed by atoms with E-state index in [1.54, 1.807) is 12.1 Å². The lowest BCUT2D eigenvalue weighted by molar-refractivity contribution is 0.162. The van der Waals surface area contributed by atoms with E-state index < -0.39 is 0 Å². The highest BCUT2D eigenvalue weighted by Crippen LogP contribution is 2.05. The molecule has 2 aromatic carbocycles. The third-order valence-electron chi connectivity index (χ3n) is 3.47. The lowest BCUT2D eigenvalue weighted by Gasteiger charge is -2.12. The molecule has 0 amide bonds. The van der Waals surface area contributed by atoms with Crippen LogP contribution in [0.3, 0.4) is 0 Å². The number of benzene rings is 2. The number of halogens is 1. The SMILES string of the molecule is OC(CCc1ccccc1)CNCCc1cccc(F)c1. The number of aryl methyl sites for hydroxylation is 1. The van der Waals surface area contributed by atoms with Gasteiger partial charge in [-0.25, -0.2) is 4.39 Å². The van der Waals surface area contributed by atoms with Crippen LogP contribution in [0.5, 0.6) is 0 Å². The van der Waals surface area contributed by atoms with Crippen LogP contribution in [0.25, 0.3) is 0 Å². The van der Waals surface area contributed by atoms with Crippen molar-refractivity contribution in [1.82, 2.24) is 5.32 Å². The molecule has 0 spiro atoms. The molecule has 0 fully saturated rings. The highest BCUT2D eigenvalue weighted by atomic mass is 19.1. The lowest BCUT2D eigenvalue weighted by atomic mass is 10.1. The fourth-order valence-electron chi connectivity index (χ4n) is 2.27. The van der Waals surface area contributed by atoms with E-state index in [1.165, 1.54) is 11.6 Å². The normalized spacial score (nSPS) is 12.3. The summed E-state index contributed by atoms with van der Waals surface area (Å²) in [5.74, 6) is -0.199. The molecular formula is C18H22FNO. The van der Waals surface area contributed by atoms with Gasteiger partial charge in [-0.05, 0) is 49.1 Å². The van der Waals surface area contributed by atoms with Gasteiger partial charge in [-0.2, -0.15) is 0 Å². The molecule has 21 heavy (non-hydrogen) atoms. The number of hydrogen-bond donors (Lipinski definition) is 2. The molecule has 2 aromatic rings. The first-order chi connectivity index (χ1) is 10.2. The van der Waals surface area contributed by atoms with Gasteiger partial charge in [0.25, 0.3) is 0 Å². The predicted octanol–water partition coefficient (Wildman–Crippen LogP) is 2.95. The second kappa shape index (κ2) is 8.55. The maximum absolute atomic E-state index is 13.0. The van der Waals surface area contributed by atoms with Crippen molar-refractivity contribution in [2.75, 3.05) is 13.1 Å². The van der Waals surface area contributed by atoms with Gasteiger partial charge in [0.15, 0.2) is 0 Å². The van der Waals surface area contributed by atoms with E-state index in [1.807, 2.05) is 24.3 Å². The number of rotatable bonds is 8. The van der Waals surface area contributed by atoms with Crippen LogP contribution in [0, 0.1) is 5.82 Å². The molecule has 0 aliphatic rings. The molecular weight excluding hydrogens is 265 g/mol. The Bertz CT molecular complexity index is 530. The summed E-state index contributed by atoms with van der Waals surface area (Å²) in [7, 11) is 0. The molecule has 3 heteroatoms. The second-order valence-electron chi connectivity index (χ2n) is 5.26. The van der Waals surface area contributed by atoms with E-state index in [0.29, 0.717) is 6.54 Å². The third kappa shape index (κ3) is 6.06. The van der Waals surface area contributed by atoms with Crippen molar-refractivity contribution in [3.8, 4) is 0 Å². The molecule has 0 saturated carbocycles. The Hall–Kier alpha value is -1.71. The van der Waals surface area contributed by atoms with Crippen LogP contribution < -0.4 is 5.32 Å². The standard InChI is InChI=1S/C18H22FNO/c19-17-8-4-7-16(13-17)11-12-20-14-18(21)10-9-15-5-2-1-3-6-15/h1-8,13,18,20-21H,9-12,14H2. The van der Waals surface area contributed by atoms with E-state index in [-0.39, 0.29) is 11.9 Å². The molecule has 0 saturated heterocycles. The number of nitrogens with one attached hydrogen (secondary N) is 1. The minimum absolute atomic E-state index is 0.199. The van der Waals surface area contributed by atoms with Crippen LogP contribution in [0.4, 0.5) is 4.39 Å². The molecule has 1 atom stereocenters. The Labute approximate surface area is 125 Å². The van der Waals surface area contributed by atoms with Crippen molar-refractivity contribution in [3.05, 3.63) is 71.5 Å². The minimum atomic E-state index is -0.349. The molecule has 0 aromatic heterocycles. The molecule has 1 unspecified atom stereocenters. The summed E-state index contributed by atoms with van der Waals surface area (Å²) >= 11 is 0. The van der Waals surface area contributed by atoms with Crippen molar-refractivity contribution >= 4 is 0 Å². The molecule has 2 N–H and O–H groups in total. The van der Waals surface area contributed by atoms with Crippen LogP contribution in [0.2, 0.25) is 0 Å². The van der Waals surface area contributed by atoms with E-state index >= 15 is 0 Å². The fourth-order valence-corrected chi connectivity index (χ4v) is 2.27. The molecule has 0 bridgehead atoms. The Kier molecular flexibility index (Phi) is 6.38. The Balaban J connectivity index is 1.60. The van der Waals surface area contributed by atoms with E-state index in [9.17, 15) is 9.50 Å². The van der Waals surface area contributed by atoms with E-state index in [4.69, 9.17) is 0 Å². The van der Waals surface area contributed by atoms with Gasteiger partial charge in [0.2, 0.25) is 0 Å². The Morgan fingerprint density at radius 3 is 2.48 bits per heavy atom. The summed E-state index contributed by atoms with van der Waals surface area (Å²) in [6.07, 6.45) is 2.05. The molecule has 0 aliphatic heterocycles. The maximum atomic E-state index is 13.0. The van der Waals surface area contributed by atoms with Gasteiger partial charge in [-0.1, -0.05) is 42.5 Å². The summed E-state index contributed by atoms with van der Waals surface area (Å²) in [5.41, 5.74) is 2.22. The smallest absolute Gasteiger partial charge is 0.123 e. The van der Waals surface area contributed by atoms with Gasteiger partial charge in [-0.15, -0.1) is 0 Å². The minimum Gasteiger partial charge on any atom is -0.392 e. The first kappa shape index (κ1) is 15.7. The summed E-state index contributed by atoms with van der Waals surface area (Å²) in [6, 6.07) is 16.8. The number of hydrogen-bond acceptors (Lipinski definition) is 2. The van der Waals surface area contributed by atoms with Crippen molar-refractivity contribution in [2.45, 2.75) is 25.4 Å². The summed E-state index contributed by atoms with van der Waals surface area (Å²) in [5, 5.41) is 13.1. The topological polar surface area (TPSA) is 32.3 Å².